The molecule has 1 aliphatic heterocycles. The molecule has 0 radical (unpaired) electrons. The Labute approximate surface area is 116 Å². The predicted octanol–water partition coefficient (Wildman–Crippen LogP) is 1.57. The molecule has 110 valence electrons. The van der Waals surface area contributed by atoms with Gasteiger partial charge in [0.1, 0.15) is 11.6 Å². The Kier molecular flexibility index (Phi) is 4.67. The highest BCUT2D eigenvalue weighted by atomic mass is 19.1. The average Bonchev–Trinajstić information content (AvgIpc) is 2.37. The molecule has 1 amide bonds. The van der Waals surface area contributed by atoms with Gasteiger partial charge in [-0.25, -0.2) is 8.78 Å². The quantitative estimate of drug-likeness (QED) is 0.885. The van der Waals surface area contributed by atoms with E-state index < -0.39 is 11.6 Å². The summed E-state index contributed by atoms with van der Waals surface area (Å²) in [4.78, 5) is 13.8. The van der Waals surface area contributed by atoms with Crippen LogP contribution in [-0.2, 0) is 4.79 Å². The topological polar surface area (TPSA) is 58.4 Å². The van der Waals surface area contributed by atoms with Crippen LogP contribution in [0.3, 0.4) is 0 Å². The summed E-state index contributed by atoms with van der Waals surface area (Å²) in [5.74, 6) is -1.32. The lowest BCUT2D eigenvalue weighted by Crippen LogP contribution is -2.49. The second kappa shape index (κ2) is 6.28. The summed E-state index contributed by atoms with van der Waals surface area (Å²) in [7, 11) is 0. The lowest BCUT2D eigenvalue weighted by Gasteiger charge is -2.34. The number of carbonyl (C=O) groups is 1. The summed E-state index contributed by atoms with van der Waals surface area (Å²) in [6.07, 6.45) is 0.944. The molecule has 1 aliphatic rings. The van der Waals surface area contributed by atoms with Crippen LogP contribution in [0.4, 0.5) is 14.5 Å². The highest BCUT2D eigenvalue weighted by Crippen LogP contribution is 2.17. The number of hydrogen-bond acceptors (Lipinski definition) is 3. The summed E-state index contributed by atoms with van der Waals surface area (Å²) in [5.41, 5.74) is 5.95. The molecule has 1 fully saturated rings. The first-order valence-electron chi connectivity index (χ1n) is 6.68. The third-order valence-electron chi connectivity index (χ3n) is 3.67. The van der Waals surface area contributed by atoms with E-state index in [0.29, 0.717) is 12.5 Å². The van der Waals surface area contributed by atoms with Gasteiger partial charge in [0.15, 0.2) is 0 Å². The molecule has 2 unspecified atom stereocenters. The summed E-state index contributed by atoms with van der Waals surface area (Å²) >= 11 is 0. The molecule has 1 heterocycles. The van der Waals surface area contributed by atoms with Crippen molar-refractivity contribution in [2.75, 3.05) is 25.0 Å². The fourth-order valence-electron chi connectivity index (χ4n) is 2.30. The van der Waals surface area contributed by atoms with Crippen molar-refractivity contribution in [3.63, 3.8) is 0 Å². The Balaban J connectivity index is 1.89. The molecule has 4 nitrogen and oxygen atoms in total. The zero-order chi connectivity index (χ0) is 14.7. The molecule has 0 aliphatic carbocycles. The summed E-state index contributed by atoms with van der Waals surface area (Å²) in [6, 6.07) is 3.12. The molecule has 1 aromatic rings. The minimum atomic E-state index is -0.776. The molecule has 0 saturated carbocycles. The highest BCUT2D eigenvalue weighted by molar-refractivity contribution is 5.92. The maximum atomic E-state index is 13.4. The van der Waals surface area contributed by atoms with Crippen molar-refractivity contribution in [1.29, 1.82) is 0 Å². The lowest BCUT2D eigenvalue weighted by atomic mass is 9.94. The van der Waals surface area contributed by atoms with Crippen molar-refractivity contribution in [2.24, 2.45) is 11.7 Å². The van der Waals surface area contributed by atoms with Crippen LogP contribution in [-0.4, -0.2) is 36.5 Å². The van der Waals surface area contributed by atoms with E-state index in [9.17, 15) is 13.6 Å². The predicted molar refractivity (Wildman–Crippen MR) is 73.2 cm³/mol. The SMILES string of the molecule is CC1CCN(CC(=O)Nc2ccc(F)cc2F)CC1N. The molecule has 0 spiro atoms. The van der Waals surface area contributed by atoms with Crippen molar-refractivity contribution in [3.8, 4) is 0 Å². The molecule has 20 heavy (non-hydrogen) atoms. The first-order chi connectivity index (χ1) is 9.45. The maximum absolute atomic E-state index is 13.4. The van der Waals surface area contributed by atoms with Crippen LogP contribution in [0.15, 0.2) is 18.2 Å². The van der Waals surface area contributed by atoms with E-state index in [1.54, 1.807) is 0 Å². The van der Waals surface area contributed by atoms with Crippen molar-refractivity contribution >= 4 is 11.6 Å². The van der Waals surface area contributed by atoms with E-state index in [1.807, 2.05) is 4.90 Å². The standard InChI is InChI=1S/C14H19F2N3O/c1-9-4-5-19(7-12(9)17)8-14(20)18-13-3-2-10(15)6-11(13)16/h2-3,6,9,12H,4-5,7-8,17H2,1H3,(H,18,20). The number of nitrogens with one attached hydrogen (secondary N) is 1. The first kappa shape index (κ1) is 14.9. The van der Waals surface area contributed by atoms with E-state index in [1.165, 1.54) is 6.07 Å². The van der Waals surface area contributed by atoms with E-state index >= 15 is 0 Å². The second-order valence-electron chi connectivity index (χ2n) is 5.34. The molecular weight excluding hydrogens is 264 g/mol. The van der Waals surface area contributed by atoms with Crippen molar-refractivity contribution in [3.05, 3.63) is 29.8 Å². The largest absolute Gasteiger partial charge is 0.326 e. The number of piperidine rings is 1. The highest BCUT2D eigenvalue weighted by Gasteiger charge is 2.24. The van der Waals surface area contributed by atoms with E-state index in [2.05, 4.69) is 12.2 Å². The third-order valence-corrected chi connectivity index (χ3v) is 3.67. The van der Waals surface area contributed by atoms with E-state index in [4.69, 9.17) is 5.73 Å². The third kappa shape index (κ3) is 3.74. The van der Waals surface area contributed by atoms with Crippen LogP contribution in [0.5, 0.6) is 0 Å². The van der Waals surface area contributed by atoms with E-state index in [-0.39, 0.29) is 24.2 Å². The minimum absolute atomic E-state index is 0.00826. The Morgan fingerprint density at radius 1 is 1.50 bits per heavy atom. The van der Waals surface area contributed by atoms with Gasteiger partial charge < -0.3 is 11.1 Å². The second-order valence-corrected chi connectivity index (χ2v) is 5.34. The smallest absolute Gasteiger partial charge is 0.238 e. The van der Waals surface area contributed by atoms with Gasteiger partial charge in [-0.15, -0.1) is 0 Å². The molecule has 6 heteroatoms. The molecule has 0 aromatic heterocycles. The zero-order valence-electron chi connectivity index (χ0n) is 11.4. The van der Waals surface area contributed by atoms with E-state index in [0.717, 1.165) is 25.1 Å². The van der Waals surface area contributed by atoms with Gasteiger partial charge in [0.25, 0.3) is 0 Å². The Morgan fingerprint density at radius 2 is 2.25 bits per heavy atom. The number of likely N-dealkylation sites (tertiary alicyclic amines) is 1. The summed E-state index contributed by atoms with van der Waals surface area (Å²) < 4.78 is 26.2. The number of benzene rings is 1. The number of hydrogen-bond donors (Lipinski definition) is 2. The average molecular weight is 283 g/mol. The molecule has 1 saturated heterocycles. The number of anilines is 1. The van der Waals surface area contributed by atoms with Gasteiger partial charge in [-0.1, -0.05) is 6.92 Å². The molecule has 3 N–H and O–H groups in total. The van der Waals surface area contributed by atoms with Crippen LogP contribution < -0.4 is 11.1 Å². The zero-order valence-corrected chi connectivity index (χ0v) is 11.4. The van der Waals surface area contributed by atoms with Gasteiger partial charge in [0.2, 0.25) is 5.91 Å². The molecule has 2 atom stereocenters. The molecule has 2 rings (SSSR count). The van der Waals surface area contributed by atoms with Crippen molar-refractivity contribution in [1.82, 2.24) is 4.90 Å². The van der Waals surface area contributed by atoms with Gasteiger partial charge >= 0.3 is 0 Å². The monoisotopic (exact) mass is 283 g/mol. The maximum Gasteiger partial charge on any atom is 0.238 e. The molecule has 0 bridgehead atoms. The van der Waals surface area contributed by atoms with Crippen LogP contribution in [0.25, 0.3) is 0 Å². The van der Waals surface area contributed by atoms with Crippen molar-refractivity contribution < 1.29 is 13.6 Å². The normalized spacial score (nSPS) is 23.6. The van der Waals surface area contributed by atoms with Crippen molar-refractivity contribution in [2.45, 2.75) is 19.4 Å². The number of nitrogens with zero attached hydrogens (tertiary/aromatic N) is 1. The van der Waals surface area contributed by atoms with Crippen LogP contribution in [0, 0.1) is 17.6 Å². The lowest BCUT2D eigenvalue weighted by molar-refractivity contribution is -0.117. The van der Waals surface area contributed by atoms with Gasteiger partial charge in [0.05, 0.1) is 12.2 Å². The number of nitrogens with two attached hydrogens (primary N) is 1. The fourth-order valence-corrected chi connectivity index (χ4v) is 2.30. The summed E-state index contributed by atoms with van der Waals surface area (Å²) in [6.45, 7) is 3.71. The Bertz CT molecular complexity index is 495. The minimum Gasteiger partial charge on any atom is -0.326 e. The Hall–Kier alpha value is -1.53. The molecule has 1 aromatic carbocycles. The van der Waals surface area contributed by atoms with Gasteiger partial charge in [-0.3, -0.25) is 9.69 Å². The number of carbonyl (C=O) groups excluding carboxylic acids is 1. The van der Waals surface area contributed by atoms with Gasteiger partial charge in [-0.2, -0.15) is 0 Å². The number of rotatable bonds is 3. The fraction of sp³-hybridized carbons (Fsp3) is 0.500. The number of amides is 1. The van der Waals surface area contributed by atoms with Gasteiger partial charge in [-0.05, 0) is 31.0 Å². The molecular formula is C14H19F2N3O. The van der Waals surface area contributed by atoms with Gasteiger partial charge in [0, 0.05) is 18.7 Å². The van der Waals surface area contributed by atoms with Crippen LogP contribution in [0.2, 0.25) is 0 Å². The van der Waals surface area contributed by atoms with Crippen LogP contribution >= 0.6 is 0 Å². The summed E-state index contributed by atoms with van der Waals surface area (Å²) in [5, 5.41) is 2.45. The first-order valence-corrected chi connectivity index (χ1v) is 6.68. The Morgan fingerprint density at radius 3 is 2.90 bits per heavy atom. The number of halogens is 2. The van der Waals surface area contributed by atoms with Crippen LogP contribution in [0.1, 0.15) is 13.3 Å².